The van der Waals surface area contributed by atoms with E-state index in [9.17, 15) is 4.39 Å². The highest BCUT2D eigenvalue weighted by atomic mass is 79.9. The average molecular weight is 324 g/mol. The molecule has 0 radical (unpaired) electrons. The van der Waals surface area contributed by atoms with Gasteiger partial charge in [0.1, 0.15) is 17.5 Å². The Morgan fingerprint density at radius 1 is 1.26 bits per heavy atom. The molecule has 0 saturated carbocycles. The molecular weight excluding hydrogens is 309 g/mol. The summed E-state index contributed by atoms with van der Waals surface area (Å²) in [6.07, 6.45) is 0.850. The normalized spacial score (nSPS) is 10.5. The summed E-state index contributed by atoms with van der Waals surface area (Å²) in [5.74, 6) is 1.22. The van der Waals surface area contributed by atoms with Gasteiger partial charge in [0.25, 0.3) is 0 Å². The standard InChI is InChI=1S/C14H15BrFN3/c1-3-12-7-14(19-9(2)18-12)17-8-10-6-11(15)4-5-13(10)16/h4-7H,3,8H2,1-2H3,(H,17,18,19). The molecule has 0 aliphatic heterocycles. The van der Waals surface area contributed by atoms with Gasteiger partial charge < -0.3 is 5.32 Å². The number of rotatable bonds is 4. The molecule has 19 heavy (non-hydrogen) atoms. The highest BCUT2D eigenvalue weighted by molar-refractivity contribution is 9.10. The van der Waals surface area contributed by atoms with E-state index in [0.717, 1.165) is 28.2 Å². The molecular formula is C14H15BrFN3. The van der Waals surface area contributed by atoms with Crippen LogP contribution in [0.5, 0.6) is 0 Å². The Labute approximate surface area is 120 Å². The van der Waals surface area contributed by atoms with E-state index < -0.39 is 0 Å². The van der Waals surface area contributed by atoms with Crippen molar-refractivity contribution >= 4 is 21.7 Å². The lowest BCUT2D eigenvalue weighted by molar-refractivity contribution is 0.612. The molecule has 1 N–H and O–H groups in total. The van der Waals surface area contributed by atoms with Crippen LogP contribution in [0.1, 0.15) is 24.0 Å². The van der Waals surface area contributed by atoms with E-state index >= 15 is 0 Å². The Kier molecular flexibility index (Phi) is 4.47. The second-order valence-corrected chi connectivity index (χ2v) is 5.15. The third-order valence-electron chi connectivity index (χ3n) is 2.72. The quantitative estimate of drug-likeness (QED) is 0.928. The number of hydrogen-bond donors (Lipinski definition) is 1. The molecule has 2 aromatic rings. The Bertz CT molecular complexity index is 587. The molecule has 1 aromatic heterocycles. The van der Waals surface area contributed by atoms with Crippen molar-refractivity contribution in [2.45, 2.75) is 26.8 Å². The number of hydrogen-bond acceptors (Lipinski definition) is 3. The molecule has 0 spiro atoms. The molecule has 1 heterocycles. The number of halogens is 2. The minimum atomic E-state index is -0.225. The maximum atomic E-state index is 13.6. The predicted molar refractivity (Wildman–Crippen MR) is 77.6 cm³/mol. The van der Waals surface area contributed by atoms with Crippen LogP contribution >= 0.6 is 15.9 Å². The smallest absolute Gasteiger partial charge is 0.130 e. The molecule has 100 valence electrons. The van der Waals surface area contributed by atoms with Crippen LogP contribution in [0, 0.1) is 12.7 Å². The van der Waals surface area contributed by atoms with Gasteiger partial charge in [0.15, 0.2) is 0 Å². The molecule has 0 aliphatic rings. The summed E-state index contributed by atoms with van der Waals surface area (Å²) in [5.41, 5.74) is 1.58. The maximum Gasteiger partial charge on any atom is 0.130 e. The molecule has 0 amide bonds. The molecule has 0 atom stereocenters. The van der Waals surface area contributed by atoms with Crippen molar-refractivity contribution in [2.24, 2.45) is 0 Å². The zero-order valence-electron chi connectivity index (χ0n) is 10.9. The van der Waals surface area contributed by atoms with Crippen LogP contribution in [0.4, 0.5) is 10.2 Å². The minimum absolute atomic E-state index is 0.225. The molecule has 1 aromatic carbocycles. The summed E-state index contributed by atoms with van der Waals surface area (Å²) < 4.78 is 14.5. The van der Waals surface area contributed by atoms with Crippen molar-refractivity contribution in [1.29, 1.82) is 0 Å². The second kappa shape index (κ2) is 6.10. The zero-order chi connectivity index (χ0) is 13.8. The van der Waals surface area contributed by atoms with E-state index in [1.165, 1.54) is 6.07 Å². The van der Waals surface area contributed by atoms with Crippen molar-refractivity contribution in [3.05, 3.63) is 51.6 Å². The SMILES string of the molecule is CCc1cc(NCc2cc(Br)ccc2F)nc(C)n1. The van der Waals surface area contributed by atoms with E-state index in [1.807, 2.05) is 19.9 Å². The second-order valence-electron chi connectivity index (χ2n) is 4.23. The topological polar surface area (TPSA) is 37.8 Å². The molecule has 5 heteroatoms. The largest absolute Gasteiger partial charge is 0.366 e. The summed E-state index contributed by atoms with van der Waals surface area (Å²) in [7, 11) is 0. The van der Waals surface area contributed by atoms with Crippen molar-refractivity contribution < 1.29 is 4.39 Å². The van der Waals surface area contributed by atoms with Gasteiger partial charge in [-0.05, 0) is 31.5 Å². The van der Waals surface area contributed by atoms with Crippen molar-refractivity contribution in [3.63, 3.8) is 0 Å². The first-order chi connectivity index (χ1) is 9.08. The van der Waals surface area contributed by atoms with E-state index in [-0.39, 0.29) is 5.82 Å². The predicted octanol–water partition coefficient (Wildman–Crippen LogP) is 3.86. The number of benzene rings is 1. The Hall–Kier alpha value is -1.49. The Balaban J connectivity index is 2.14. The van der Waals surface area contributed by atoms with E-state index in [4.69, 9.17) is 0 Å². The highest BCUT2D eigenvalue weighted by Gasteiger charge is 2.04. The van der Waals surface area contributed by atoms with Gasteiger partial charge in [0, 0.05) is 28.3 Å². The van der Waals surface area contributed by atoms with Gasteiger partial charge in [-0.2, -0.15) is 0 Å². The molecule has 0 saturated heterocycles. The summed E-state index contributed by atoms with van der Waals surface area (Å²) in [5, 5.41) is 3.13. The zero-order valence-corrected chi connectivity index (χ0v) is 12.5. The van der Waals surface area contributed by atoms with Gasteiger partial charge >= 0.3 is 0 Å². The Morgan fingerprint density at radius 2 is 2.05 bits per heavy atom. The number of aryl methyl sites for hydroxylation is 2. The average Bonchev–Trinajstić information content (AvgIpc) is 2.39. The van der Waals surface area contributed by atoms with E-state index in [0.29, 0.717) is 12.1 Å². The fourth-order valence-electron chi connectivity index (χ4n) is 1.77. The lowest BCUT2D eigenvalue weighted by Crippen LogP contribution is -2.06. The molecule has 0 fully saturated rings. The maximum absolute atomic E-state index is 13.6. The molecule has 0 aliphatic carbocycles. The number of anilines is 1. The lowest BCUT2D eigenvalue weighted by Gasteiger charge is -2.09. The van der Waals surface area contributed by atoms with Gasteiger partial charge in [-0.1, -0.05) is 22.9 Å². The lowest BCUT2D eigenvalue weighted by atomic mass is 10.2. The monoisotopic (exact) mass is 323 g/mol. The molecule has 2 rings (SSSR count). The van der Waals surface area contributed by atoms with Gasteiger partial charge in [-0.15, -0.1) is 0 Å². The summed E-state index contributed by atoms with van der Waals surface area (Å²) in [6.45, 7) is 4.29. The van der Waals surface area contributed by atoms with Crippen molar-refractivity contribution in [2.75, 3.05) is 5.32 Å². The molecule has 0 bridgehead atoms. The fourth-order valence-corrected chi connectivity index (χ4v) is 2.17. The number of nitrogens with zero attached hydrogens (tertiary/aromatic N) is 2. The summed E-state index contributed by atoms with van der Waals surface area (Å²) in [4.78, 5) is 8.60. The molecule has 0 unspecified atom stereocenters. The first-order valence-corrected chi connectivity index (χ1v) is 6.90. The van der Waals surface area contributed by atoms with Crippen LogP contribution in [0.2, 0.25) is 0 Å². The summed E-state index contributed by atoms with van der Waals surface area (Å²) >= 11 is 3.34. The van der Waals surface area contributed by atoms with Crippen molar-refractivity contribution in [3.8, 4) is 0 Å². The van der Waals surface area contributed by atoms with E-state index in [2.05, 4.69) is 31.2 Å². The van der Waals surface area contributed by atoms with Crippen LogP contribution in [0.3, 0.4) is 0 Å². The highest BCUT2D eigenvalue weighted by Crippen LogP contribution is 2.17. The van der Waals surface area contributed by atoms with Crippen molar-refractivity contribution in [1.82, 2.24) is 9.97 Å². The number of aromatic nitrogens is 2. The van der Waals surface area contributed by atoms with Gasteiger partial charge in [0.2, 0.25) is 0 Å². The van der Waals surface area contributed by atoms with E-state index in [1.54, 1.807) is 12.1 Å². The van der Waals surface area contributed by atoms with Crippen LogP contribution < -0.4 is 5.32 Å². The fraction of sp³-hybridized carbons (Fsp3) is 0.286. The molecule has 3 nitrogen and oxygen atoms in total. The number of nitrogens with one attached hydrogen (secondary N) is 1. The van der Waals surface area contributed by atoms with Gasteiger partial charge in [-0.25, -0.2) is 14.4 Å². The first kappa shape index (κ1) is 13.9. The van der Waals surface area contributed by atoms with Crippen LogP contribution in [0.15, 0.2) is 28.7 Å². The third-order valence-corrected chi connectivity index (χ3v) is 3.21. The van der Waals surface area contributed by atoms with Gasteiger partial charge in [-0.3, -0.25) is 0 Å². The minimum Gasteiger partial charge on any atom is -0.366 e. The Morgan fingerprint density at radius 3 is 2.79 bits per heavy atom. The summed E-state index contributed by atoms with van der Waals surface area (Å²) in [6, 6.07) is 6.78. The third kappa shape index (κ3) is 3.73. The van der Waals surface area contributed by atoms with Crippen LogP contribution in [-0.2, 0) is 13.0 Å². The first-order valence-electron chi connectivity index (χ1n) is 6.11. The van der Waals surface area contributed by atoms with Gasteiger partial charge in [0.05, 0.1) is 0 Å². The van der Waals surface area contributed by atoms with Crippen LogP contribution in [-0.4, -0.2) is 9.97 Å². The van der Waals surface area contributed by atoms with Crippen LogP contribution in [0.25, 0.3) is 0 Å².